The van der Waals surface area contributed by atoms with Crippen LogP contribution in [0.2, 0.25) is 0 Å². The van der Waals surface area contributed by atoms with Gasteiger partial charge < -0.3 is 9.22 Å². The van der Waals surface area contributed by atoms with Crippen molar-refractivity contribution in [1.82, 2.24) is 0 Å². The van der Waals surface area contributed by atoms with Crippen molar-refractivity contribution in [1.29, 1.82) is 0 Å². The quantitative estimate of drug-likeness (QED) is 0.108. The third-order valence-electron chi connectivity index (χ3n) is 4.88. The summed E-state index contributed by atoms with van der Waals surface area (Å²) >= 11 is 0. The second-order valence-corrected chi connectivity index (χ2v) is 8.92. The maximum Gasteiger partial charge on any atom is 0.305 e. The number of nitrogens with zero attached hydrogens (tertiary/aromatic N) is 1. The summed E-state index contributed by atoms with van der Waals surface area (Å²) in [5, 5.41) is 0. The van der Waals surface area contributed by atoms with Gasteiger partial charge in [-0.1, -0.05) is 70.4 Å². The molecule has 0 radical (unpaired) electrons. The Morgan fingerprint density at radius 1 is 0.741 bits per heavy atom. The molecule has 0 aromatic heterocycles. The maximum absolute atomic E-state index is 11.7. The molecule has 0 amide bonds. The van der Waals surface area contributed by atoms with Gasteiger partial charge in [-0.25, -0.2) is 0 Å². The Morgan fingerprint density at radius 2 is 1.26 bits per heavy atom. The zero-order valence-corrected chi connectivity index (χ0v) is 18.9. The summed E-state index contributed by atoms with van der Waals surface area (Å²) in [6.45, 7) is 3.88. The third kappa shape index (κ3) is 23.1. The average Bonchev–Trinajstić information content (AvgIpc) is 2.61. The molecular formula is C24H48NO2+. The number of hydrogen-bond acceptors (Lipinski definition) is 2. The van der Waals surface area contributed by atoms with E-state index in [0.717, 1.165) is 30.3 Å². The highest BCUT2D eigenvalue weighted by Gasteiger charge is 2.07. The molecule has 0 aliphatic rings. The Hall–Kier alpha value is -0.830. The number of esters is 1. The molecule has 3 heteroatoms. The van der Waals surface area contributed by atoms with Crippen molar-refractivity contribution >= 4 is 5.97 Å². The largest absolute Gasteiger partial charge is 0.465 e. The van der Waals surface area contributed by atoms with E-state index < -0.39 is 0 Å². The van der Waals surface area contributed by atoms with Crippen molar-refractivity contribution in [2.24, 2.45) is 0 Å². The molecule has 160 valence electrons. The highest BCUT2D eigenvalue weighted by atomic mass is 16.5. The molecule has 0 aliphatic heterocycles. The maximum atomic E-state index is 11.7. The van der Waals surface area contributed by atoms with Crippen LogP contribution in [-0.4, -0.2) is 44.7 Å². The van der Waals surface area contributed by atoms with Crippen LogP contribution in [0.4, 0.5) is 0 Å². The number of ether oxygens (including phenoxy) is 1. The summed E-state index contributed by atoms with van der Waals surface area (Å²) < 4.78 is 6.22. The molecule has 0 aromatic rings. The number of carbonyl (C=O) groups is 1. The van der Waals surface area contributed by atoms with E-state index in [1.807, 2.05) is 0 Å². The zero-order valence-electron chi connectivity index (χ0n) is 18.9. The van der Waals surface area contributed by atoms with Crippen LogP contribution >= 0.6 is 0 Å². The van der Waals surface area contributed by atoms with E-state index in [1.165, 1.54) is 70.6 Å². The van der Waals surface area contributed by atoms with E-state index in [4.69, 9.17) is 4.74 Å². The predicted molar refractivity (Wildman–Crippen MR) is 118 cm³/mol. The Morgan fingerprint density at radius 3 is 1.81 bits per heavy atom. The van der Waals surface area contributed by atoms with Crippen molar-refractivity contribution in [2.75, 3.05) is 34.3 Å². The van der Waals surface area contributed by atoms with Crippen LogP contribution in [0.5, 0.6) is 0 Å². The first-order chi connectivity index (χ1) is 13.0. The van der Waals surface area contributed by atoms with Crippen LogP contribution in [-0.2, 0) is 9.53 Å². The number of rotatable bonds is 19. The monoisotopic (exact) mass is 382 g/mol. The van der Waals surface area contributed by atoms with Gasteiger partial charge in [-0.15, -0.1) is 0 Å². The SMILES string of the molecule is CCCCCCCC/C=C/CCCCCCCC(=O)OCCC[N+](C)(C)C. The van der Waals surface area contributed by atoms with E-state index in [0.29, 0.717) is 13.0 Å². The van der Waals surface area contributed by atoms with E-state index in [2.05, 4.69) is 40.2 Å². The number of hydrogen-bond donors (Lipinski definition) is 0. The van der Waals surface area contributed by atoms with Gasteiger partial charge >= 0.3 is 5.97 Å². The number of unbranched alkanes of at least 4 members (excludes halogenated alkanes) is 11. The minimum absolute atomic E-state index is 0.0194. The first-order valence-electron chi connectivity index (χ1n) is 11.6. The second-order valence-electron chi connectivity index (χ2n) is 8.92. The molecule has 0 bridgehead atoms. The minimum Gasteiger partial charge on any atom is -0.465 e. The van der Waals surface area contributed by atoms with Gasteiger partial charge in [0.2, 0.25) is 0 Å². The lowest BCUT2D eigenvalue weighted by atomic mass is 10.1. The van der Waals surface area contributed by atoms with Crippen molar-refractivity contribution in [3.05, 3.63) is 12.2 Å². The number of carbonyl (C=O) groups excluding carboxylic acids is 1. The summed E-state index contributed by atoms with van der Waals surface area (Å²) in [5.41, 5.74) is 0. The van der Waals surface area contributed by atoms with E-state index in [9.17, 15) is 4.79 Å². The number of quaternary nitrogens is 1. The molecule has 0 unspecified atom stereocenters. The second kappa shape index (κ2) is 18.5. The fraction of sp³-hybridized carbons (Fsp3) is 0.875. The van der Waals surface area contributed by atoms with Gasteiger partial charge in [0.25, 0.3) is 0 Å². The van der Waals surface area contributed by atoms with Crippen LogP contribution in [0, 0.1) is 0 Å². The van der Waals surface area contributed by atoms with Crippen LogP contribution in [0.3, 0.4) is 0 Å². The van der Waals surface area contributed by atoms with E-state index in [-0.39, 0.29) is 5.97 Å². The molecular weight excluding hydrogens is 334 g/mol. The van der Waals surface area contributed by atoms with Gasteiger partial charge in [0, 0.05) is 12.8 Å². The van der Waals surface area contributed by atoms with Gasteiger partial charge in [0.15, 0.2) is 0 Å². The lowest BCUT2D eigenvalue weighted by Crippen LogP contribution is -2.35. The Balaban J connectivity index is 3.26. The molecule has 0 fully saturated rings. The standard InChI is InChI=1S/C24H48NO2/c1-5-6-7-8-9-10-11-12-13-14-15-16-17-18-19-21-24(26)27-23-20-22-25(2,3)4/h12-13H,5-11,14-23H2,1-4H3/q+1/b13-12+. The van der Waals surface area contributed by atoms with Crippen LogP contribution in [0.15, 0.2) is 12.2 Å². The van der Waals surface area contributed by atoms with Crippen LogP contribution < -0.4 is 0 Å². The van der Waals surface area contributed by atoms with Gasteiger partial charge in [0.05, 0.1) is 34.3 Å². The van der Waals surface area contributed by atoms with E-state index >= 15 is 0 Å². The molecule has 3 nitrogen and oxygen atoms in total. The molecule has 0 N–H and O–H groups in total. The topological polar surface area (TPSA) is 26.3 Å². The minimum atomic E-state index is -0.0194. The molecule has 0 atom stereocenters. The lowest BCUT2D eigenvalue weighted by Gasteiger charge is -2.23. The molecule has 0 rings (SSSR count). The zero-order chi connectivity index (χ0) is 20.2. The average molecular weight is 383 g/mol. The van der Waals surface area contributed by atoms with Gasteiger partial charge in [-0.2, -0.15) is 0 Å². The third-order valence-corrected chi connectivity index (χ3v) is 4.88. The summed E-state index contributed by atoms with van der Waals surface area (Å²) in [5.74, 6) is -0.0194. The molecule has 0 saturated heterocycles. The van der Waals surface area contributed by atoms with Gasteiger partial charge in [-0.3, -0.25) is 4.79 Å². The smallest absolute Gasteiger partial charge is 0.305 e. The summed E-state index contributed by atoms with van der Waals surface area (Å²) in [7, 11) is 6.48. The number of allylic oxidation sites excluding steroid dienone is 2. The summed E-state index contributed by atoms with van der Waals surface area (Å²) in [6.07, 6.45) is 22.9. The summed E-state index contributed by atoms with van der Waals surface area (Å²) in [6, 6.07) is 0. The van der Waals surface area contributed by atoms with Crippen LogP contribution in [0.25, 0.3) is 0 Å². The molecule has 27 heavy (non-hydrogen) atoms. The molecule has 0 heterocycles. The first-order valence-corrected chi connectivity index (χ1v) is 11.6. The fourth-order valence-corrected chi connectivity index (χ4v) is 3.14. The van der Waals surface area contributed by atoms with Crippen molar-refractivity contribution < 1.29 is 14.0 Å². The Bertz CT molecular complexity index is 358. The normalized spacial score (nSPS) is 12.0. The highest BCUT2D eigenvalue weighted by molar-refractivity contribution is 5.69. The molecule has 0 spiro atoms. The van der Waals surface area contributed by atoms with Crippen LogP contribution in [0.1, 0.15) is 103 Å². The fourth-order valence-electron chi connectivity index (χ4n) is 3.14. The highest BCUT2D eigenvalue weighted by Crippen LogP contribution is 2.10. The summed E-state index contributed by atoms with van der Waals surface area (Å²) in [4.78, 5) is 11.7. The van der Waals surface area contributed by atoms with E-state index in [1.54, 1.807) is 0 Å². The Labute approximate surface area is 170 Å². The predicted octanol–water partition coefficient (Wildman–Crippen LogP) is 6.66. The first kappa shape index (κ1) is 26.2. The van der Waals surface area contributed by atoms with Crippen molar-refractivity contribution in [3.63, 3.8) is 0 Å². The molecule has 0 saturated carbocycles. The molecule has 0 aromatic carbocycles. The lowest BCUT2D eigenvalue weighted by molar-refractivity contribution is -0.870. The van der Waals surface area contributed by atoms with Gasteiger partial charge in [0.1, 0.15) is 0 Å². The molecule has 0 aliphatic carbocycles. The van der Waals surface area contributed by atoms with Crippen molar-refractivity contribution in [3.8, 4) is 0 Å². The van der Waals surface area contributed by atoms with Crippen molar-refractivity contribution in [2.45, 2.75) is 103 Å². The Kier molecular flexibility index (Phi) is 18.0. The van der Waals surface area contributed by atoms with Gasteiger partial charge in [-0.05, 0) is 32.1 Å².